The molecule has 0 aromatic heterocycles. The van der Waals surface area contributed by atoms with Gasteiger partial charge in [-0.2, -0.15) is 0 Å². The first-order valence-electron chi connectivity index (χ1n) is 5.38. The third kappa shape index (κ3) is 3.51. The van der Waals surface area contributed by atoms with E-state index in [-0.39, 0.29) is 11.5 Å². The second-order valence-electron chi connectivity index (χ2n) is 4.72. The van der Waals surface area contributed by atoms with E-state index in [1.165, 1.54) is 5.56 Å². The van der Waals surface area contributed by atoms with E-state index in [1.54, 1.807) is 0 Å². The Bertz CT molecular complexity index is 320. The second kappa shape index (κ2) is 5.00. The van der Waals surface area contributed by atoms with E-state index in [9.17, 15) is 5.11 Å². The summed E-state index contributed by atoms with van der Waals surface area (Å²) in [5, 5.41) is 10.6. The molecule has 0 amide bonds. The van der Waals surface area contributed by atoms with Crippen molar-refractivity contribution in [3.63, 3.8) is 0 Å². The number of halogens is 1. The van der Waals surface area contributed by atoms with Crippen LogP contribution in [-0.4, -0.2) is 11.2 Å². The summed E-state index contributed by atoms with van der Waals surface area (Å²) in [4.78, 5) is 0. The fourth-order valence-electron chi connectivity index (χ4n) is 1.84. The molecule has 1 atom stereocenters. The molecule has 0 fully saturated rings. The molecular formula is C13H19ClO. The van der Waals surface area contributed by atoms with Crippen LogP contribution in [0.25, 0.3) is 0 Å². The number of rotatable bonds is 4. The lowest BCUT2D eigenvalue weighted by atomic mass is 9.79. The molecule has 1 rings (SSSR count). The van der Waals surface area contributed by atoms with Gasteiger partial charge in [0.15, 0.2) is 0 Å². The molecule has 84 valence electrons. The van der Waals surface area contributed by atoms with Crippen LogP contribution in [0.3, 0.4) is 0 Å². The Morgan fingerprint density at radius 1 is 1.40 bits per heavy atom. The van der Waals surface area contributed by atoms with Crippen LogP contribution in [0.15, 0.2) is 24.3 Å². The topological polar surface area (TPSA) is 20.2 Å². The Morgan fingerprint density at radius 2 is 2.07 bits per heavy atom. The SMILES string of the molecule is CCC(O)C(C)(C)Cc1cccc(Cl)c1. The van der Waals surface area contributed by atoms with Gasteiger partial charge in [-0.05, 0) is 36.0 Å². The largest absolute Gasteiger partial charge is 0.393 e. The summed E-state index contributed by atoms with van der Waals surface area (Å²) in [5.74, 6) is 0. The van der Waals surface area contributed by atoms with Gasteiger partial charge in [0.1, 0.15) is 0 Å². The molecule has 1 N–H and O–H groups in total. The summed E-state index contributed by atoms with van der Waals surface area (Å²) < 4.78 is 0. The van der Waals surface area contributed by atoms with Crippen molar-refractivity contribution in [2.24, 2.45) is 5.41 Å². The van der Waals surface area contributed by atoms with Gasteiger partial charge in [-0.1, -0.05) is 44.5 Å². The molecule has 0 aliphatic carbocycles. The van der Waals surface area contributed by atoms with Crippen LogP contribution >= 0.6 is 11.6 Å². The van der Waals surface area contributed by atoms with Crippen LogP contribution in [-0.2, 0) is 6.42 Å². The highest BCUT2D eigenvalue weighted by Gasteiger charge is 2.26. The summed E-state index contributed by atoms with van der Waals surface area (Å²) in [6, 6.07) is 7.84. The first kappa shape index (κ1) is 12.5. The van der Waals surface area contributed by atoms with E-state index < -0.39 is 0 Å². The number of benzene rings is 1. The second-order valence-corrected chi connectivity index (χ2v) is 5.16. The Kier molecular flexibility index (Phi) is 4.18. The average molecular weight is 227 g/mol. The van der Waals surface area contributed by atoms with Crippen LogP contribution in [0.2, 0.25) is 5.02 Å². The van der Waals surface area contributed by atoms with E-state index in [1.807, 2.05) is 25.1 Å². The van der Waals surface area contributed by atoms with Gasteiger partial charge in [-0.25, -0.2) is 0 Å². The highest BCUT2D eigenvalue weighted by molar-refractivity contribution is 6.30. The molecule has 1 aromatic rings. The Balaban J connectivity index is 2.77. The molecule has 1 aromatic carbocycles. The molecule has 0 spiro atoms. The van der Waals surface area contributed by atoms with E-state index >= 15 is 0 Å². The summed E-state index contributed by atoms with van der Waals surface area (Å²) in [5.41, 5.74) is 1.08. The van der Waals surface area contributed by atoms with Crippen molar-refractivity contribution in [1.82, 2.24) is 0 Å². The summed E-state index contributed by atoms with van der Waals surface area (Å²) in [6.45, 7) is 6.18. The van der Waals surface area contributed by atoms with Crippen molar-refractivity contribution < 1.29 is 5.11 Å². The van der Waals surface area contributed by atoms with Gasteiger partial charge in [0.25, 0.3) is 0 Å². The molecule has 0 heterocycles. The fourth-order valence-corrected chi connectivity index (χ4v) is 2.06. The zero-order valence-electron chi connectivity index (χ0n) is 9.63. The Hall–Kier alpha value is -0.530. The van der Waals surface area contributed by atoms with Crippen molar-refractivity contribution >= 4 is 11.6 Å². The fraction of sp³-hybridized carbons (Fsp3) is 0.538. The van der Waals surface area contributed by atoms with Gasteiger partial charge in [0, 0.05) is 5.02 Å². The zero-order chi connectivity index (χ0) is 11.5. The molecule has 2 heteroatoms. The third-order valence-electron chi connectivity index (χ3n) is 2.84. The van der Waals surface area contributed by atoms with E-state index in [0.29, 0.717) is 0 Å². The van der Waals surface area contributed by atoms with Crippen molar-refractivity contribution in [2.75, 3.05) is 0 Å². The predicted octanol–water partition coefficient (Wildman–Crippen LogP) is 3.68. The van der Waals surface area contributed by atoms with E-state index in [2.05, 4.69) is 19.9 Å². The zero-order valence-corrected chi connectivity index (χ0v) is 10.4. The van der Waals surface area contributed by atoms with Crippen LogP contribution < -0.4 is 0 Å². The maximum atomic E-state index is 9.88. The molecular weight excluding hydrogens is 208 g/mol. The monoisotopic (exact) mass is 226 g/mol. The Labute approximate surface area is 97.1 Å². The molecule has 0 saturated carbocycles. The van der Waals surface area contributed by atoms with Gasteiger partial charge in [0.05, 0.1) is 6.10 Å². The van der Waals surface area contributed by atoms with Gasteiger partial charge < -0.3 is 5.11 Å². The highest BCUT2D eigenvalue weighted by Crippen LogP contribution is 2.28. The normalized spacial score (nSPS) is 13.9. The van der Waals surface area contributed by atoms with Crippen LogP contribution in [0.5, 0.6) is 0 Å². The van der Waals surface area contributed by atoms with Crippen molar-refractivity contribution in [3.05, 3.63) is 34.9 Å². The van der Waals surface area contributed by atoms with Gasteiger partial charge in [0.2, 0.25) is 0 Å². The van der Waals surface area contributed by atoms with Gasteiger partial charge in [-0.3, -0.25) is 0 Å². The lowest BCUT2D eigenvalue weighted by Crippen LogP contribution is -2.30. The quantitative estimate of drug-likeness (QED) is 0.831. The van der Waals surface area contributed by atoms with Crippen molar-refractivity contribution in [1.29, 1.82) is 0 Å². The summed E-state index contributed by atoms with van der Waals surface area (Å²) >= 11 is 5.92. The predicted molar refractivity (Wildman–Crippen MR) is 65.2 cm³/mol. The molecule has 15 heavy (non-hydrogen) atoms. The molecule has 0 aliphatic heterocycles. The molecule has 1 nitrogen and oxygen atoms in total. The summed E-state index contributed by atoms with van der Waals surface area (Å²) in [7, 11) is 0. The lowest BCUT2D eigenvalue weighted by molar-refractivity contribution is 0.0474. The van der Waals surface area contributed by atoms with Crippen molar-refractivity contribution in [2.45, 2.75) is 39.7 Å². The third-order valence-corrected chi connectivity index (χ3v) is 3.07. The number of hydrogen-bond donors (Lipinski definition) is 1. The maximum absolute atomic E-state index is 9.88. The molecule has 1 unspecified atom stereocenters. The standard InChI is InChI=1S/C13H19ClO/c1-4-12(15)13(2,3)9-10-6-5-7-11(14)8-10/h5-8,12,15H,4,9H2,1-3H3. The minimum atomic E-state index is -0.267. The maximum Gasteiger partial charge on any atom is 0.0591 e. The molecule has 0 aliphatic rings. The first-order valence-corrected chi connectivity index (χ1v) is 5.76. The number of aliphatic hydroxyl groups excluding tert-OH is 1. The first-order chi connectivity index (χ1) is 6.95. The number of hydrogen-bond acceptors (Lipinski definition) is 1. The molecule has 0 saturated heterocycles. The smallest absolute Gasteiger partial charge is 0.0591 e. The van der Waals surface area contributed by atoms with Crippen LogP contribution in [0.1, 0.15) is 32.8 Å². The molecule has 0 bridgehead atoms. The summed E-state index contributed by atoms with van der Waals surface area (Å²) in [6.07, 6.45) is 1.37. The van der Waals surface area contributed by atoms with Gasteiger partial charge in [-0.15, -0.1) is 0 Å². The average Bonchev–Trinajstić information content (AvgIpc) is 2.15. The Morgan fingerprint density at radius 3 is 2.60 bits per heavy atom. The van der Waals surface area contributed by atoms with Crippen LogP contribution in [0.4, 0.5) is 0 Å². The minimum Gasteiger partial charge on any atom is -0.393 e. The van der Waals surface area contributed by atoms with Crippen molar-refractivity contribution in [3.8, 4) is 0 Å². The highest BCUT2D eigenvalue weighted by atomic mass is 35.5. The van der Waals surface area contributed by atoms with Crippen LogP contribution in [0, 0.1) is 5.41 Å². The van der Waals surface area contributed by atoms with E-state index in [4.69, 9.17) is 11.6 Å². The van der Waals surface area contributed by atoms with Gasteiger partial charge >= 0.3 is 0 Å². The number of aliphatic hydroxyl groups is 1. The lowest BCUT2D eigenvalue weighted by Gasteiger charge is -2.30. The van der Waals surface area contributed by atoms with E-state index in [0.717, 1.165) is 17.9 Å². The minimum absolute atomic E-state index is 0.0978. The molecule has 0 radical (unpaired) electrons.